The minimum Gasteiger partial charge on any atom is -0.299 e. The molecule has 0 saturated carbocycles. The summed E-state index contributed by atoms with van der Waals surface area (Å²) in [5.74, 6) is -0.747. The topological polar surface area (TPSA) is 66.5 Å². The number of rotatable bonds is 1. The Bertz CT molecular complexity index is 668. The quantitative estimate of drug-likeness (QED) is 0.805. The molecule has 1 aromatic carbocycles. The lowest BCUT2D eigenvalue weighted by Gasteiger charge is -2.42. The molecular weight excluding hydrogens is 280 g/mol. The van der Waals surface area contributed by atoms with E-state index in [1.165, 1.54) is 0 Å². The number of nitrogens with zero attached hydrogens (tertiary/aromatic N) is 1. The molecule has 0 radical (unpaired) electrons. The Balaban J connectivity index is 2.09. The predicted octanol–water partition coefficient (Wildman–Crippen LogP) is 1.89. The van der Waals surface area contributed by atoms with Crippen molar-refractivity contribution in [1.82, 2.24) is 5.32 Å². The predicted molar refractivity (Wildman–Crippen MR) is 82.4 cm³/mol. The fourth-order valence-corrected chi connectivity index (χ4v) is 3.52. The van der Waals surface area contributed by atoms with Gasteiger partial charge < -0.3 is 0 Å². The molecule has 0 aliphatic carbocycles. The second kappa shape index (κ2) is 5.23. The van der Waals surface area contributed by atoms with Gasteiger partial charge in [-0.3, -0.25) is 24.6 Å². The number of piperidine rings is 1. The zero-order valence-corrected chi connectivity index (χ0v) is 13.1. The van der Waals surface area contributed by atoms with Crippen molar-refractivity contribution in [2.24, 2.45) is 5.92 Å². The Morgan fingerprint density at radius 2 is 1.86 bits per heavy atom. The molecule has 2 aliphatic rings. The number of hydrogen-bond acceptors (Lipinski definition) is 3. The van der Waals surface area contributed by atoms with Gasteiger partial charge in [0.15, 0.2) is 0 Å². The van der Waals surface area contributed by atoms with Crippen LogP contribution in [0, 0.1) is 12.8 Å². The van der Waals surface area contributed by atoms with Crippen molar-refractivity contribution >= 4 is 23.4 Å². The molecular formula is C17H20N2O3. The van der Waals surface area contributed by atoms with Gasteiger partial charge in [-0.25, -0.2) is 0 Å². The molecule has 3 rings (SSSR count). The molecule has 1 saturated heterocycles. The van der Waals surface area contributed by atoms with E-state index in [9.17, 15) is 14.4 Å². The van der Waals surface area contributed by atoms with Crippen LogP contribution in [0.4, 0.5) is 5.69 Å². The average molecular weight is 300 g/mol. The van der Waals surface area contributed by atoms with Gasteiger partial charge >= 0.3 is 0 Å². The largest absolute Gasteiger partial charge is 0.299 e. The Morgan fingerprint density at radius 3 is 2.55 bits per heavy atom. The number of carbonyl (C=O) groups excluding carboxylic acids is 3. The van der Waals surface area contributed by atoms with Crippen LogP contribution in [0.2, 0.25) is 0 Å². The number of amides is 3. The van der Waals surface area contributed by atoms with E-state index >= 15 is 0 Å². The molecule has 3 unspecified atom stereocenters. The van der Waals surface area contributed by atoms with E-state index in [4.69, 9.17) is 0 Å². The Kier molecular flexibility index (Phi) is 3.51. The molecule has 1 aromatic rings. The van der Waals surface area contributed by atoms with Crippen molar-refractivity contribution in [3.8, 4) is 0 Å². The molecule has 5 heteroatoms. The first kappa shape index (κ1) is 14.8. The van der Waals surface area contributed by atoms with Crippen molar-refractivity contribution in [3.05, 3.63) is 29.3 Å². The lowest BCUT2D eigenvalue weighted by atomic mass is 9.80. The molecule has 1 N–H and O–H groups in total. The molecule has 22 heavy (non-hydrogen) atoms. The van der Waals surface area contributed by atoms with Crippen LogP contribution >= 0.6 is 0 Å². The molecule has 3 atom stereocenters. The number of fused-ring (bicyclic) bond motifs is 1. The summed E-state index contributed by atoms with van der Waals surface area (Å²) in [4.78, 5) is 38.0. The van der Waals surface area contributed by atoms with Crippen LogP contribution in [0.3, 0.4) is 0 Å². The second-order valence-electron chi connectivity index (χ2n) is 6.26. The summed E-state index contributed by atoms with van der Waals surface area (Å²) in [5.41, 5.74) is 3.06. The summed E-state index contributed by atoms with van der Waals surface area (Å²) in [6, 6.07) is 5.23. The lowest BCUT2D eigenvalue weighted by molar-refractivity contribution is -0.136. The summed E-state index contributed by atoms with van der Waals surface area (Å²) in [6.45, 7) is 5.98. The van der Waals surface area contributed by atoms with Crippen LogP contribution in [0.25, 0.3) is 0 Å². The zero-order valence-electron chi connectivity index (χ0n) is 13.1. The SMILES string of the molecule is Cc1cccc2c1C(C)C(C)C(=O)N2C1CCC(=O)NC1=O. The molecule has 0 aromatic heterocycles. The van der Waals surface area contributed by atoms with E-state index in [1.54, 1.807) is 4.90 Å². The van der Waals surface area contributed by atoms with E-state index in [-0.39, 0.29) is 36.0 Å². The summed E-state index contributed by atoms with van der Waals surface area (Å²) in [6.07, 6.45) is 0.649. The smallest absolute Gasteiger partial charge is 0.249 e. The maximum atomic E-state index is 12.8. The summed E-state index contributed by atoms with van der Waals surface area (Å²) >= 11 is 0. The van der Waals surface area contributed by atoms with Crippen molar-refractivity contribution in [3.63, 3.8) is 0 Å². The van der Waals surface area contributed by atoms with Gasteiger partial charge in [-0.1, -0.05) is 26.0 Å². The van der Waals surface area contributed by atoms with Gasteiger partial charge in [0.1, 0.15) is 6.04 Å². The first-order chi connectivity index (χ1) is 10.4. The van der Waals surface area contributed by atoms with E-state index in [2.05, 4.69) is 12.2 Å². The average Bonchev–Trinajstić information content (AvgIpc) is 2.47. The fourth-order valence-electron chi connectivity index (χ4n) is 3.52. The Hall–Kier alpha value is -2.17. The molecule has 2 aliphatic heterocycles. The summed E-state index contributed by atoms with van der Waals surface area (Å²) in [7, 11) is 0. The number of nitrogens with one attached hydrogen (secondary N) is 1. The molecule has 1 fully saturated rings. The third-order valence-electron chi connectivity index (χ3n) is 4.91. The fraction of sp³-hybridized carbons (Fsp3) is 0.471. The van der Waals surface area contributed by atoms with Crippen molar-refractivity contribution in [1.29, 1.82) is 0 Å². The Labute approximate surface area is 129 Å². The minimum absolute atomic E-state index is 0.0416. The van der Waals surface area contributed by atoms with E-state index < -0.39 is 6.04 Å². The highest BCUT2D eigenvalue weighted by Gasteiger charge is 2.43. The van der Waals surface area contributed by atoms with Gasteiger partial charge in [-0.2, -0.15) is 0 Å². The van der Waals surface area contributed by atoms with Gasteiger partial charge in [-0.15, -0.1) is 0 Å². The van der Waals surface area contributed by atoms with E-state index in [0.717, 1.165) is 16.8 Å². The van der Waals surface area contributed by atoms with Crippen LogP contribution in [0.15, 0.2) is 18.2 Å². The molecule has 116 valence electrons. The van der Waals surface area contributed by atoms with Gasteiger partial charge in [-0.05, 0) is 36.5 Å². The molecule has 5 nitrogen and oxygen atoms in total. The third kappa shape index (κ3) is 2.12. The normalized spacial score (nSPS) is 28.4. The maximum Gasteiger partial charge on any atom is 0.249 e. The standard InChI is InChI=1S/C17H20N2O3/c1-9-5-4-6-12-15(9)10(2)11(3)17(22)19(12)13-7-8-14(20)18-16(13)21/h4-6,10-11,13H,7-8H2,1-3H3,(H,18,20,21). The molecule has 0 spiro atoms. The monoisotopic (exact) mass is 300 g/mol. The van der Waals surface area contributed by atoms with Gasteiger partial charge in [0.25, 0.3) is 0 Å². The minimum atomic E-state index is -0.597. The summed E-state index contributed by atoms with van der Waals surface area (Å²) < 4.78 is 0. The van der Waals surface area contributed by atoms with Crippen LogP contribution in [0.5, 0.6) is 0 Å². The molecule has 2 heterocycles. The first-order valence-electron chi connectivity index (χ1n) is 7.68. The van der Waals surface area contributed by atoms with Crippen molar-refractivity contribution in [2.75, 3.05) is 4.90 Å². The number of carbonyl (C=O) groups is 3. The summed E-state index contributed by atoms with van der Waals surface area (Å²) in [5, 5.41) is 2.35. The number of anilines is 1. The van der Waals surface area contributed by atoms with Crippen molar-refractivity contribution in [2.45, 2.75) is 45.6 Å². The molecule has 3 amide bonds. The first-order valence-corrected chi connectivity index (χ1v) is 7.68. The van der Waals surface area contributed by atoms with Gasteiger partial charge in [0.05, 0.1) is 0 Å². The Morgan fingerprint density at radius 1 is 1.14 bits per heavy atom. The zero-order chi connectivity index (χ0) is 16.0. The highest BCUT2D eigenvalue weighted by molar-refractivity contribution is 6.09. The van der Waals surface area contributed by atoms with Crippen molar-refractivity contribution < 1.29 is 14.4 Å². The number of imide groups is 1. The highest BCUT2D eigenvalue weighted by Crippen LogP contribution is 2.42. The second-order valence-corrected chi connectivity index (χ2v) is 6.26. The third-order valence-corrected chi connectivity index (χ3v) is 4.91. The highest BCUT2D eigenvalue weighted by atomic mass is 16.2. The lowest BCUT2D eigenvalue weighted by Crippen LogP contribution is -2.57. The van der Waals surface area contributed by atoms with Crippen LogP contribution in [-0.4, -0.2) is 23.8 Å². The number of benzene rings is 1. The number of aryl methyl sites for hydroxylation is 1. The van der Waals surface area contributed by atoms with Gasteiger partial charge in [0, 0.05) is 18.0 Å². The van der Waals surface area contributed by atoms with Gasteiger partial charge in [0.2, 0.25) is 17.7 Å². The maximum absolute atomic E-state index is 12.8. The number of hydrogen-bond donors (Lipinski definition) is 1. The van der Waals surface area contributed by atoms with Crippen LogP contribution in [-0.2, 0) is 14.4 Å². The molecule has 0 bridgehead atoms. The van der Waals surface area contributed by atoms with E-state index in [0.29, 0.717) is 6.42 Å². The van der Waals surface area contributed by atoms with E-state index in [1.807, 2.05) is 32.0 Å². The van der Waals surface area contributed by atoms with Crippen LogP contribution < -0.4 is 10.2 Å². The van der Waals surface area contributed by atoms with Crippen LogP contribution in [0.1, 0.15) is 43.7 Å².